The molecule has 0 fully saturated rings. The lowest BCUT2D eigenvalue weighted by Gasteiger charge is -2.08. The number of hydrogen-bond donors (Lipinski definition) is 0. The number of benzene rings is 1. The van der Waals surface area contributed by atoms with Crippen LogP contribution >= 0.6 is 0 Å². The molecule has 0 unspecified atom stereocenters. The number of nitrogens with zero attached hydrogens (tertiary/aromatic N) is 2. The lowest BCUT2D eigenvalue weighted by molar-refractivity contribution is -0.143. The lowest BCUT2D eigenvalue weighted by Crippen LogP contribution is -2.18. The highest BCUT2D eigenvalue weighted by Gasteiger charge is 2.19. The van der Waals surface area contributed by atoms with Crippen LogP contribution in [0.4, 0.5) is 0 Å². The van der Waals surface area contributed by atoms with Gasteiger partial charge in [0.2, 0.25) is 5.78 Å². The molecule has 30 heavy (non-hydrogen) atoms. The molecule has 1 aromatic carbocycles. The van der Waals surface area contributed by atoms with Gasteiger partial charge in [-0.25, -0.2) is 4.79 Å². The molecule has 7 heteroatoms. The molecule has 0 saturated carbocycles. The zero-order chi connectivity index (χ0) is 21.8. The number of rotatable bonds is 8. The van der Waals surface area contributed by atoms with Gasteiger partial charge in [-0.1, -0.05) is 24.3 Å². The van der Waals surface area contributed by atoms with Crippen LogP contribution in [0.5, 0.6) is 0 Å². The second-order valence-electron chi connectivity index (χ2n) is 6.95. The van der Waals surface area contributed by atoms with Crippen LogP contribution in [0, 0.1) is 13.8 Å². The van der Waals surface area contributed by atoms with Crippen molar-refractivity contribution in [3.8, 4) is 0 Å². The Morgan fingerprint density at radius 2 is 1.87 bits per heavy atom. The zero-order valence-electron chi connectivity index (χ0n) is 17.3. The van der Waals surface area contributed by atoms with E-state index in [9.17, 15) is 14.4 Å². The van der Waals surface area contributed by atoms with Crippen molar-refractivity contribution in [2.24, 2.45) is 0 Å². The summed E-state index contributed by atoms with van der Waals surface area (Å²) < 4.78 is 13.6. The quantitative estimate of drug-likeness (QED) is 0.324. The van der Waals surface area contributed by atoms with Crippen LogP contribution in [-0.2, 0) is 27.4 Å². The number of Topliss-reactive ketones (excluding diaryl/α,β-unsaturated/α-hetero) is 1. The van der Waals surface area contributed by atoms with Gasteiger partial charge in [0.1, 0.15) is 6.54 Å². The van der Waals surface area contributed by atoms with Gasteiger partial charge in [-0.3, -0.25) is 9.59 Å². The van der Waals surface area contributed by atoms with E-state index in [2.05, 4.69) is 6.58 Å². The minimum absolute atomic E-state index is 0.125. The average Bonchev–Trinajstić information content (AvgIpc) is 3.24. The van der Waals surface area contributed by atoms with E-state index < -0.39 is 11.9 Å². The highest BCUT2D eigenvalue weighted by Crippen LogP contribution is 2.22. The first-order valence-electron chi connectivity index (χ1n) is 9.50. The number of carbonyl (C=O) groups is 3. The number of hydrogen-bond acceptors (Lipinski definition) is 5. The molecule has 0 aliphatic rings. The topological polar surface area (TPSA) is 79.5 Å². The van der Waals surface area contributed by atoms with E-state index in [4.69, 9.17) is 9.47 Å². The summed E-state index contributed by atoms with van der Waals surface area (Å²) >= 11 is 0. The molecule has 0 aliphatic carbocycles. The standard InChI is InChI=1S/C23H24N2O5/c1-5-10-25-15(2)11-18(16(25)3)21(26)14-30-22(27)13-24-12-19(23(28)29-4)17-8-6-7-9-20(17)24/h5-9,11-12H,1,10,13-14H2,2-4H3. The summed E-state index contributed by atoms with van der Waals surface area (Å²) in [5.74, 6) is -1.32. The van der Waals surface area contributed by atoms with Crippen molar-refractivity contribution in [2.75, 3.05) is 13.7 Å². The Labute approximate surface area is 174 Å². The summed E-state index contributed by atoms with van der Waals surface area (Å²) in [6.07, 6.45) is 3.32. The average molecular weight is 408 g/mol. The number of fused-ring (bicyclic) bond motifs is 1. The lowest BCUT2D eigenvalue weighted by atomic mass is 10.1. The Bertz CT molecular complexity index is 1140. The van der Waals surface area contributed by atoms with Gasteiger partial charge in [0.05, 0.1) is 12.7 Å². The van der Waals surface area contributed by atoms with E-state index in [1.807, 2.05) is 24.5 Å². The fourth-order valence-corrected chi connectivity index (χ4v) is 3.55. The number of methoxy groups -OCH3 is 1. The number of para-hydroxylation sites is 1. The first kappa shape index (κ1) is 21.1. The first-order chi connectivity index (χ1) is 14.4. The predicted molar refractivity (Wildman–Crippen MR) is 113 cm³/mol. The largest absolute Gasteiger partial charge is 0.465 e. The summed E-state index contributed by atoms with van der Waals surface area (Å²) in [6.45, 7) is 7.62. The molecule has 0 bridgehead atoms. The number of esters is 2. The van der Waals surface area contributed by atoms with Gasteiger partial charge in [-0.2, -0.15) is 0 Å². The van der Waals surface area contributed by atoms with Gasteiger partial charge < -0.3 is 18.6 Å². The molecule has 0 radical (unpaired) electrons. The smallest absolute Gasteiger partial charge is 0.340 e. The first-order valence-corrected chi connectivity index (χ1v) is 9.50. The van der Waals surface area contributed by atoms with Crippen molar-refractivity contribution in [3.63, 3.8) is 0 Å². The molecule has 0 amide bonds. The number of ketones is 1. The van der Waals surface area contributed by atoms with Crippen molar-refractivity contribution in [3.05, 3.63) is 71.7 Å². The molecule has 3 aromatic rings. The van der Waals surface area contributed by atoms with E-state index in [1.54, 1.807) is 41.1 Å². The number of allylic oxidation sites excluding steroid dienone is 1. The predicted octanol–water partition coefficient (Wildman–Crippen LogP) is 3.46. The summed E-state index contributed by atoms with van der Waals surface area (Å²) in [5.41, 5.74) is 3.35. The molecule has 3 rings (SSSR count). The van der Waals surface area contributed by atoms with Crippen LogP contribution in [0.2, 0.25) is 0 Å². The van der Waals surface area contributed by atoms with E-state index in [0.717, 1.165) is 11.4 Å². The van der Waals surface area contributed by atoms with Crippen molar-refractivity contribution < 1.29 is 23.9 Å². The maximum atomic E-state index is 12.6. The third kappa shape index (κ3) is 4.05. The van der Waals surface area contributed by atoms with E-state index >= 15 is 0 Å². The van der Waals surface area contributed by atoms with Crippen molar-refractivity contribution >= 4 is 28.6 Å². The van der Waals surface area contributed by atoms with Gasteiger partial charge >= 0.3 is 11.9 Å². The zero-order valence-corrected chi connectivity index (χ0v) is 17.3. The van der Waals surface area contributed by atoms with Gasteiger partial charge in [-0.05, 0) is 26.0 Å². The monoisotopic (exact) mass is 408 g/mol. The molecular formula is C23H24N2O5. The summed E-state index contributed by atoms with van der Waals surface area (Å²) in [7, 11) is 1.31. The van der Waals surface area contributed by atoms with Crippen LogP contribution in [0.25, 0.3) is 10.9 Å². The van der Waals surface area contributed by atoms with E-state index in [1.165, 1.54) is 7.11 Å². The molecule has 7 nitrogen and oxygen atoms in total. The van der Waals surface area contributed by atoms with Crippen LogP contribution in [0.1, 0.15) is 32.1 Å². The molecular weight excluding hydrogens is 384 g/mol. The summed E-state index contributed by atoms with van der Waals surface area (Å²) in [6, 6.07) is 8.99. The third-order valence-corrected chi connectivity index (χ3v) is 5.04. The van der Waals surface area contributed by atoms with Gasteiger partial charge in [0, 0.05) is 40.6 Å². The van der Waals surface area contributed by atoms with Gasteiger partial charge in [0.25, 0.3) is 0 Å². The van der Waals surface area contributed by atoms with Crippen molar-refractivity contribution in [1.29, 1.82) is 0 Å². The Kier molecular flexibility index (Phi) is 6.20. The number of ether oxygens (including phenoxy) is 2. The second-order valence-corrected chi connectivity index (χ2v) is 6.95. The molecule has 2 heterocycles. The molecule has 0 spiro atoms. The maximum absolute atomic E-state index is 12.6. The fourth-order valence-electron chi connectivity index (χ4n) is 3.55. The van der Waals surface area contributed by atoms with Crippen LogP contribution in [0.3, 0.4) is 0 Å². The van der Waals surface area contributed by atoms with Crippen LogP contribution in [-0.4, -0.2) is 40.6 Å². The molecule has 0 aliphatic heterocycles. The minimum Gasteiger partial charge on any atom is -0.465 e. The normalized spacial score (nSPS) is 10.8. The molecule has 0 atom stereocenters. The second kappa shape index (κ2) is 8.82. The Morgan fingerprint density at radius 3 is 2.57 bits per heavy atom. The molecule has 0 saturated heterocycles. The SMILES string of the molecule is C=CCn1c(C)cc(C(=O)COC(=O)Cn2cc(C(=O)OC)c3ccccc32)c1C. The molecule has 156 valence electrons. The highest BCUT2D eigenvalue weighted by atomic mass is 16.5. The Hall–Kier alpha value is -3.61. The molecule has 2 aromatic heterocycles. The Morgan fingerprint density at radius 1 is 1.13 bits per heavy atom. The Balaban J connectivity index is 1.71. The summed E-state index contributed by atoms with van der Waals surface area (Å²) in [4.78, 5) is 36.9. The van der Waals surface area contributed by atoms with Crippen molar-refractivity contribution in [2.45, 2.75) is 26.9 Å². The van der Waals surface area contributed by atoms with E-state index in [-0.39, 0.29) is 18.9 Å². The maximum Gasteiger partial charge on any atom is 0.340 e. The number of aryl methyl sites for hydroxylation is 1. The summed E-state index contributed by atoms with van der Waals surface area (Å²) in [5, 5.41) is 0.683. The highest BCUT2D eigenvalue weighted by molar-refractivity contribution is 6.04. The van der Waals surface area contributed by atoms with E-state index in [0.29, 0.717) is 28.6 Å². The van der Waals surface area contributed by atoms with Crippen LogP contribution in [0.15, 0.2) is 49.2 Å². The number of aromatic nitrogens is 2. The van der Waals surface area contributed by atoms with Gasteiger partial charge in [0.15, 0.2) is 6.61 Å². The fraction of sp³-hybridized carbons (Fsp3) is 0.261. The van der Waals surface area contributed by atoms with Crippen molar-refractivity contribution in [1.82, 2.24) is 9.13 Å². The number of carbonyl (C=O) groups excluding carboxylic acids is 3. The third-order valence-electron chi connectivity index (χ3n) is 5.04. The van der Waals surface area contributed by atoms with Crippen LogP contribution < -0.4 is 0 Å². The minimum atomic E-state index is -0.569. The molecule has 0 N–H and O–H groups in total. The van der Waals surface area contributed by atoms with Gasteiger partial charge in [-0.15, -0.1) is 6.58 Å².